The molecule has 0 radical (unpaired) electrons. The minimum absolute atomic E-state index is 0.0539. The number of imidazole rings is 1. The fourth-order valence-corrected chi connectivity index (χ4v) is 2.65. The average Bonchev–Trinajstić information content (AvgIpc) is 2.91. The minimum atomic E-state index is -0.983. The van der Waals surface area contributed by atoms with Crippen LogP contribution < -0.4 is 0 Å². The highest BCUT2D eigenvalue weighted by molar-refractivity contribution is 6.12. The molecule has 2 aromatic heterocycles. The molecule has 0 aliphatic rings. The standard InChI is InChI=1S/C15H7F3N2/c16-10-5-4-9-12(13(10)18)8-2-1-3-11(17)14(8)20-7-6-19-15(9)20/h1-7H. The molecule has 0 spiro atoms. The molecule has 0 amide bonds. The molecular formula is C15H7F3N2. The second kappa shape index (κ2) is 3.72. The molecule has 0 bridgehead atoms. The smallest absolute Gasteiger partial charge is 0.167 e. The molecule has 0 atom stereocenters. The minimum Gasteiger partial charge on any atom is -0.296 e. The zero-order valence-corrected chi connectivity index (χ0v) is 10.1. The maximum absolute atomic E-state index is 14.2. The van der Waals surface area contributed by atoms with Gasteiger partial charge in [0.15, 0.2) is 11.6 Å². The summed E-state index contributed by atoms with van der Waals surface area (Å²) in [5.41, 5.74) is 0.591. The third-order valence-electron chi connectivity index (χ3n) is 3.47. The molecule has 0 aliphatic carbocycles. The van der Waals surface area contributed by atoms with E-state index >= 15 is 0 Å². The molecule has 0 saturated carbocycles. The average molecular weight is 272 g/mol. The summed E-state index contributed by atoms with van der Waals surface area (Å²) in [6, 6.07) is 6.84. The molecule has 2 aromatic carbocycles. The van der Waals surface area contributed by atoms with Crippen LogP contribution in [0, 0.1) is 17.5 Å². The summed E-state index contributed by atoms with van der Waals surface area (Å²) >= 11 is 0. The van der Waals surface area contributed by atoms with Crippen molar-refractivity contribution in [1.29, 1.82) is 0 Å². The SMILES string of the molecule is Fc1ccc2c(c1F)c1cccc(F)c1n1ccnc21. The first-order valence-electron chi connectivity index (χ1n) is 5.99. The Kier molecular flexibility index (Phi) is 2.10. The fraction of sp³-hybridized carbons (Fsp3) is 0. The highest BCUT2D eigenvalue weighted by Gasteiger charge is 2.17. The van der Waals surface area contributed by atoms with Crippen LogP contribution >= 0.6 is 0 Å². The maximum atomic E-state index is 14.2. The third kappa shape index (κ3) is 1.27. The number of rotatable bonds is 0. The second-order valence-corrected chi connectivity index (χ2v) is 4.54. The van der Waals surface area contributed by atoms with Crippen molar-refractivity contribution in [2.45, 2.75) is 0 Å². The van der Waals surface area contributed by atoms with E-state index in [0.29, 0.717) is 16.4 Å². The number of halogens is 3. The van der Waals surface area contributed by atoms with Gasteiger partial charge in [-0.3, -0.25) is 4.40 Å². The van der Waals surface area contributed by atoms with E-state index in [2.05, 4.69) is 4.98 Å². The molecule has 20 heavy (non-hydrogen) atoms. The number of pyridine rings is 1. The number of benzene rings is 2. The molecule has 0 saturated heterocycles. The number of fused-ring (bicyclic) bond motifs is 6. The Hall–Kier alpha value is -2.56. The first-order valence-corrected chi connectivity index (χ1v) is 5.99. The van der Waals surface area contributed by atoms with Gasteiger partial charge >= 0.3 is 0 Å². The topological polar surface area (TPSA) is 17.3 Å². The van der Waals surface area contributed by atoms with Gasteiger partial charge in [0.1, 0.15) is 11.5 Å². The van der Waals surface area contributed by atoms with Gasteiger partial charge in [0.25, 0.3) is 0 Å². The number of nitrogens with zero attached hydrogens (tertiary/aromatic N) is 2. The molecule has 98 valence electrons. The van der Waals surface area contributed by atoms with Gasteiger partial charge < -0.3 is 0 Å². The van der Waals surface area contributed by atoms with Crippen molar-refractivity contribution < 1.29 is 13.2 Å². The molecule has 2 heterocycles. The van der Waals surface area contributed by atoms with Gasteiger partial charge in [-0.2, -0.15) is 0 Å². The van der Waals surface area contributed by atoms with Gasteiger partial charge in [-0.1, -0.05) is 12.1 Å². The van der Waals surface area contributed by atoms with E-state index in [9.17, 15) is 13.2 Å². The molecule has 4 rings (SSSR count). The van der Waals surface area contributed by atoms with Gasteiger partial charge in [-0.05, 0) is 18.2 Å². The van der Waals surface area contributed by atoms with Gasteiger partial charge in [0.05, 0.1) is 5.52 Å². The van der Waals surface area contributed by atoms with Crippen LogP contribution in [0.2, 0.25) is 0 Å². The van der Waals surface area contributed by atoms with Gasteiger partial charge in [-0.15, -0.1) is 0 Å². The summed E-state index contributed by atoms with van der Waals surface area (Å²) in [4.78, 5) is 4.12. The van der Waals surface area contributed by atoms with E-state index in [-0.39, 0.29) is 10.9 Å². The molecule has 4 aromatic rings. The van der Waals surface area contributed by atoms with Crippen molar-refractivity contribution in [2.75, 3.05) is 0 Å². The van der Waals surface area contributed by atoms with Crippen LogP contribution in [0.3, 0.4) is 0 Å². The number of hydrogen-bond donors (Lipinski definition) is 0. The van der Waals surface area contributed by atoms with Crippen molar-refractivity contribution >= 4 is 27.3 Å². The largest absolute Gasteiger partial charge is 0.296 e. The summed E-state index contributed by atoms with van der Waals surface area (Å²) in [7, 11) is 0. The van der Waals surface area contributed by atoms with Crippen LogP contribution in [0.4, 0.5) is 13.2 Å². The molecule has 0 N–H and O–H groups in total. The zero-order valence-electron chi connectivity index (χ0n) is 10.1. The Bertz CT molecular complexity index is 989. The fourth-order valence-electron chi connectivity index (χ4n) is 2.65. The number of aromatic nitrogens is 2. The van der Waals surface area contributed by atoms with Gasteiger partial charge in [0.2, 0.25) is 0 Å². The van der Waals surface area contributed by atoms with Crippen LogP contribution in [-0.4, -0.2) is 9.38 Å². The highest BCUT2D eigenvalue weighted by atomic mass is 19.2. The van der Waals surface area contributed by atoms with Crippen molar-refractivity contribution in [3.05, 3.63) is 60.2 Å². The molecule has 0 unspecified atom stereocenters. The summed E-state index contributed by atoms with van der Waals surface area (Å²) < 4.78 is 43.3. The Balaban J connectivity index is 2.48. The van der Waals surface area contributed by atoms with Crippen LogP contribution in [0.1, 0.15) is 0 Å². The van der Waals surface area contributed by atoms with Gasteiger partial charge in [0, 0.05) is 28.6 Å². The lowest BCUT2D eigenvalue weighted by Gasteiger charge is -2.09. The van der Waals surface area contributed by atoms with E-state index in [1.165, 1.54) is 24.4 Å². The highest BCUT2D eigenvalue weighted by Crippen LogP contribution is 2.32. The second-order valence-electron chi connectivity index (χ2n) is 4.54. The van der Waals surface area contributed by atoms with Crippen molar-refractivity contribution in [3.8, 4) is 0 Å². The molecule has 0 fully saturated rings. The number of hydrogen-bond acceptors (Lipinski definition) is 1. The lowest BCUT2D eigenvalue weighted by molar-refractivity contribution is 0.517. The molecular weight excluding hydrogens is 265 g/mol. The predicted molar refractivity (Wildman–Crippen MR) is 70.1 cm³/mol. The quantitative estimate of drug-likeness (QED) is 0.441. The van der Waals surface area contributed by atoms with Crippen LogP contribution in [0.15, 0.2) is 42.7 Å². The van der Waals surface area contributed by atoms with E-state index in [1.54, 1.807) is 16.7 Å². The van der Waals surface area contributed by atoms with Crippen molar-refractivity contribution in [3.63, 3.8) is 0 Å². The lowest BCUT2D eigenvalue weighted by Crippen LogP contribution is -1.96. The first kappa shape index (κ1) is 11.3. The van der Waals surface area contributed by atoms with Crippen LogP contribution in [0.5, 0.6) is 0 Å². The first-order chi connectivity index (χ1) is 9.68. The van der Waals surface area contributed by atoms with Crippen LogP contribution in [-0.2, 0) is 0 Å². The Morgan fingerprint density at radius 1 is 0.900 bits per heavy atom. The van der Waals surface area contributed by atoms with E-state index in [4.69, 9.17) is 0 Å². The summed E-state index contributed by atoms with van der Waals surface area (Å²) in [5, 5.41) is 0.827. The Morgan fingerprint density at radius 3 is 2.60 bits per heavy atom. The van der Waals surface area contributed by atoms with Crippen molar-refractivity contribution in [1.82, 2.24) is 9.38 Å². The zero-order chi connectivity index (χ0) is 13.9. The molecule has 2 nitrogen and oxygen atoms in total. The molecule has 0 aliphatic heterocycles. The summed E-state index contributed by atoms with van der Waals surface area (Å²) in [6.45, 7) is 0. The summed E-state index contributed by atoms with van der Waals surface area (Å²) in [6.07, 6.45) is 3.10. The normalized spacial score (nSPS) is 11.8. The molecule has 5 heteroatoms. The maximum Gasteiger partial charge on any atom is 0.167 e. The van der Waals surface area contributed by atoms with Crippen LogP contribution in [0.25, 0.3) is 27.3 Å². The van der Waals surface area contributed by atoms with E-state index < -0.39 is 17.5 Å². The number of para-hydroxylation sites is 1. The Labute approximate surface area is 111 Å². The predicted octanol–water partition coefficient (Wildman–Crippen LogP) is 4.06. The Morgan fingerprint density at radius 2 is 1.75 bits per heavy atom. The van der Waals surface area contributed by atoms with E-state index in [0.717, 1.165) is 6.07 Å². The summed E-state index contributed by atoms with van der Waals surface area (Å²) in [5.74, 6) is -2.45. The monoisotopic (exact) mass is 272 g/mol. The third-order valence-corrected chi connectivity index (χ3v) is 3.47. The van der Waals surface area contributed by atoms with E-state index in [1.807, 2.05) is 0 Å². The lowest BCUT2D eigenvalue weighted by atomic mass is 10.0. The van der Waals surface area contributed by atoms with Crippen molar-refractivity contribution in [2.24, 2.45) is 0 Å². The van der Waals surface area contributed by atoms with Gasteiger partial charge in [-0.25, -0.2) is 18.2 Å².